The Balaban J connectivity index is 1.43. The van der Waals surface area contributed by atoms with Crippen molar-refractivity contribution in [2.24, 2.45) is 5.92 Å². The van der Waals surface area contributed by atoms with Crippen LogP contribution in [0.4, 0.5) is 0 Å². The van der Waals surface area contributed by atoms with Crippen LogP contribution < -0.4 is 10.1 Å². The molecule has 0 aliphatic heterocycles. The summed E-state index contributed by atoms with van der Waals surface area (Å²) in [6, 6.07) is 3.81. The summed E-state index contributed by atoms with van der Waals surface area (Å²) in [7, 11) is 0. The molecule has 0 spiro atoms. The zero-order valence-electron chi connectivity index (χ0n) is 16.7. The minimum atomic E-state index is -0.622. The monoisotopic (exact) mass is 385 g/mol. The Morgan fingerprint density at radius 2 is 2.11 bits per heavy atom. The predicted molar refractivity (Wildman–Crippen MR) is 108 cm³/mol. The third-order valence-electron chi connectivity index (χ3n) is 6.36. The van der Waals surface area contributed by atoms with Crippen LogP contribution in [0.3, 0.4) is 0 Å². The number of aryl methyl sites for hydroxylation is 1. The van der Waals surface area contributed by atoms with Gasteiger partial charge in [-0.15, -0.1) is 0 Å². The molecule has 0 radical (unpaired) electrons. The first-order chi connectivity index (χ1) is 13.6. The van der Waals surface area contributed by atoms with Crippen molar-refractivity contribution in [3.8, 4) is 5.75 Å². The van der Waals surface area contributed by atoms with Gasteiger partial charge in [0, 0.05) is 12.7 Å². The third-order valence-corrected chi connectivity index (χ3v) is 6.36. The second kappa shape index (κ2) is 8.11. The number of nitrogens with zero attached hydrogens (tertiary/aromatic N) is 2. The summed E-state index contributed by atoms with van der Waals surface area (Å²) in [5.41, 5.74) is 1.30. The average molecular weight is 386 g/mol. The molecule has 2 fully saturated rings. The van der Waals surface area contributed by atoms with E-state index in [9.17, 15) is 9.90 Å². The van der Waals surface area contributed by atoms with Gasteiger partial charge in [0.25, 0.3) is 5.91 Å². The number of carbonyl (C=O) groups is 1. The Bertz CT molecular complexity index is 835. The molecule has 2 aromatic heterocycles. The fourth-order valence-electron chi connectivity index (χ4n) is 4.36. The number of aromatic nitrogens is 2. The lowest BCUT2D eigenvalue weighted by molar-refractivity contribution is -0.00294. The van der Waals surface area contributed by atoms with Gasteiger partial charge < -0.3 is 15.2 Å². The molecule has 4 rings (SSSR count). The molecule has 6 heteroatoms. The van der Waals surface area contributed by atoms with Crippen LogP contribution in [-0.2, 0) is 0 Å². The summed E-state index contributed by atoms with van der Waals surface area (Å²) in [6.07, 6.45) is 11.2. The molecular weight excluding hydrogens is 354 g/mol. The summed E-state index contributed by atoms with van der Waals surface area (Å²) in [5, 5.41) is 13.6. The van der Waals surface area contributed by atoms with Gasteiger partial charge in [-0.1, -0.05) is 25.7 Å². The first kappa shape index (κ1) is 19.2. The highest BCUT2D eigenvalue weighted by Crippen LogP contribution is 2.31. The quantitative estimate of drug-likeness (QED) is 0.763. The Labute approximate surface area is 166 Å². The van der Waals surface area contributed by atoms with Gasteiger partial charge in [-0.05, 0) is 57.1 Å². The molecule has 0 bridgehead atoms. The second-order valence-corrected chi connectivity index (χ2v) is 8.51. The third kappa shape index (κ3) is 4.02. The number of hydrogen-bond donors (Lipinski definition) is 2. The lowest BCUT2D eigenvalue weighted by atomic mass is 9.82. The van der Waals surface area contributed by atoms with Crippen molar-refractivity contribution >= 4 is 11.6 Å². The zero-order chi connectivity index (χ0) is 19.6. The van der Waals surface area contributed by atoms with Crippen molar-refractivity contribution in [3.05, 3.63) is 29.7 Å². The zero-order valence-corrected chi connectivity index (χ0v) is 16.7. The molecule has 0 saturated heterocycles. The molecule has 0 unspecified atom stereocenters. The van der Waals surface area contributed by atoms with Crippen LogP contribution in [0.25, 0.3) is 5.65 Å². The largest absolute Gasteiger partial charge is 0.489 e. The van der Waals surface area contributed by atoms with Crippen LogP contribution in [0.1, 0.15) is 74.0 Å². The summed E-state index contributed by atoms with van der Waals surface area (Å²) in [6.45, 7) is 3.04. The van der Waals surface area contributed by atoms with E-state index in [-0.39, 0.29) is 5.91 Å². The van der Waals surface area contributed by atoms with Crippen LogP contribution in [0.2, 0.25) is 0 Å². The molecule has 2 aliphatic rings. The fraction of sp³-hybridized carbons (Fsp3) is 0.636. The molecular formula is C22H31N3O3. The number of fused-ring (bicyclic) bond motifs is 1. The van der Waals surface area contributed by atoms with E-state index >= 15 is 0 Å². The van der Waals surface area contributed by atoms with Crippen LogP contribution in [-0.4, -0.2) is 39.2 Å². The lowest BCUT2D eigenvalue weighted by Crippen LogP contribution is -2.37. The van der Waals surface area contributed by atoms with Gasteiger partial charge in [-0.3, -0.25) is 9.20 Å². The minimum Gasteiger partial charge on any atom is -0.489 e. The number of nitrogens with one attached hydrogen (secondary N) is 1. The Kier molecular flexibility index (Phi) is 5.58. The molecule has 2 saturated carbocycles. The summed E-state index contributed by atoms with van der Waals surface area (Å²) in [4.78, 5) is 17.4. The second-order valence-electron chi connectivity index (χ2n) is 8.51. The standard InChI is InChI=1S/C22H31N3O3/c1-16-19(21(26)23-13-12-22(27)10-3-2-4-11-22)25-14-6-9-18(20(25)24-16)28-15-17-7-5-8-17/h6,9,14,17,27H,2-5,7-8,10-13,15H2,1H3,(H,23,26). The number of hydrogen-bond acceptors (Lipinski definition) is 4. The molecule has 2 N–H and O–H groups in total. The molecule has 152 valence electrons. The highest BCUT2D eigenvalue weighted by molar-refractivity contribution is 5.94. The fourth-order valence-corrected chi connectivity index (χ4v) is 4.36. The number of pyridine rings is 1. The molecule has 0 aromatic carbocycles. The number of rotatable bonds is 7. The molecule has 0 atom stereocenters. The van der Waals surface area contributed by atoms with Gasteiger partial charge in [0.15, 0.2) is 11.4 Å². The van der Waals surface area contributed by atoms with E-state index in [1.54, 1.807) is 0 Å². The predicted octanol–water partition coefficient (Wildman–Crippen LogP) is 3.64. The molecule has 1 amide bonds. The SMILES string of the molecule is Cc1nc2c(OCC3CCC3)cccn2c1C(=O)NCCC1(O)CCCCC1. The van der Waals surface area contributed by atoms with E-state index in [1.807, 2.05) is 29.7 Å². The first-order valence-electron chi connectivity index (χ1n) is 10.7. The number of carbonyl (C=O) groups excluding carboxylic acids is 1. The van der Waals surface area contributed by atoms with E-state index in [0.29, 0.717) is 42.5 Å². The lowest BCUT2D eigenvalue weighted by Gasteiger charge is -2.32. The highest BCUT2D eigenvalue weighted by Gasteiger charge is 2.29. The summed E-state index contributed by atoms with van der Waals surface area (Å²) in [5.74, 6) is 1.22. The maximum absolute atomic E-state index is 12.8. The molecule has 2 heterocycles. The van der Waals surface area contributed by atoms with E-state index in [1.165, 1.54) is 25.7 Å². The number of aliphatic hydroxyl groups is 1. The topological polar surface area (TPSA) is 75.9 Å². The van der Waals surface area contributed by atoms with E-state index in [0.717, 1.165) is 31.4 Å². The molecule has 28 heavy (non-hydrogen) atoms. The molecule has 6 nitrogen and oxygen atoms in total. The van der Waals surface area contributed by atoms with Gasteiger partial charge in [0.1, 0.15) is 5.69 Å². The average Bonchev–Trinajstić information content (AvgIpc) is 2.97. The van der Waals surface area contributed by atoms with Crippen LogP contribution in [0, 0.1) is 12.8 Å². The van der Waals surface area contributed by atoms with E-state index < -0.39 is 5.60 Å². The minimum absolute atomic E-state index is 0.152. The van der Waals surface area contributed by atoms with Crippen molar-refractivity contribution in [2.45, 2.75) is 70.3 Å². The van der Waals surface area contributed by atoms with E-state index in [2.05, 4.69) is 10.3 Å². The molecule has 2 aromatic rings. The number of ether oxygens (including phenoxy) is 1. The summed E-state index contributed by atoms with van der Waals surface area (Å²) >= 11 is 0. The van der Waals surface area contributed by atoms with Crippen LogP contribution in [0.5, 0.6) is 5.75 Å². The number of imidazole rings is 1. The van der Waals surface area contributed by atoms with Crippen molar-refractivity contribution < 1.29 is 14.6 Å². The normalized spacial score (nSPS) is 19.4. The van der Waals surface area contributed by atoms with Crippen molar-refractivity contribution in [1.82, 2.24) is 14.7 Å². The maximum atomic E-state index is 12.8. The molecule has 2 aliphatic carbocycles. The highest BCUT2D eigenvalue weighted by atomic mass is 16.5. The number of amides is 1. The van der Waals surface area contributed by atoms with Crippen LogP contribution in [0.15, 0.2) is 18.3 Å². The van der Waals surface area contributed by atoms with Gasteiger partial charge in [0.05, 0.1) is 17.9 Å². The van der Waals surface area contributed by atoms with Crippen molar-refractivity contribution in [1.29, 1.82) is 0 Å². The van der Waals surface area contributed by atoms with Gasteiger partial charge in [0.2, 0.25) is 0 Å². The van der Waals surface area contributed by atoms with E-state index in [4.69, 9.17) is 4.74 Å². The van der Waals surface area contributed by atoms with Gasteiger partial charge in [-0.25, -0.2) is 4.98 Å². The Hall–Kier alpha value is -2.08. The van der Waals surface area contributed by atoms with Gasteiger partial charge in [-0.2, -0.15) is 0 Å². The maximum Gasteiger partial charge on any atom is 0.270 e. The Morgan fingerprint density at radius 1 is 1.32 bits per heavy atom. The van der Waals surface area contributed by atoms with Gasteiger partial charge >= 0.3 is 0 Å². The first-order valence-corrected chi connectivity index (χ1v) is 10.7. The Morgan fingerprint density at radius 3 is 2.82 bits per heavy atom. The van der Waals surface area contributed by atoms with Crippen molar-refractivity contribution in [2.75, 3.05) is 13.2 Å². The smallest absolute Gasteiger partial charge is 0.270 e. The van der Waals surface area contributed by atoms with Crippen LogP contribution >= 0.6 is 0 Å². The summed E-state index contributed by atoms with van der Waals surface area (Å²) < 4.78 is 7.81. The van der Waals surface area contributed by atoms with Crippen molar-refractivity contribution in [3.63, 3.8) is 0 Å².